The predicted molar refractivity (Wildman–Crippen MR) is 127 cm³/mol. The molecule has 0 aliphatic heterocycles. The summed E-state index contributed by atoms with van der Waals surface area (Å²) in [7, 11) is 0. The number of nitrogens with zero attached hydrogens (tertiary/aromatic N) is 1. The number of nitrogens with one attached hydrogen (secondary N) is 1. The van der Waals surface area contributed by atoms with Crippen molar-refractivity contribution >= 4 is 70.6 Å². The second-order valence-electron chi connectivity index (χ2n) is 6.51. The third kappa shape index (κ3) is 4.72. The van der Waals surface area contributed by atoms with Gasteiger partial charge in [-0.1, -0.05) is 64.6 Å². The molecule has 0 bridgehead atoms. The fraction of sp³-hybridized carbons (Fsp3) is 0.0909. The highest BCUT2D eigenvalue weighted by atomic mass is 35.5. The second kappa shape index (κ2) is 9.51. The van der Waals surface area contributed by atoms with Gasteiger partial charge in [-0.25, -0.2) is 0 Å². The van der Waals surface area contributed by atoms with Crippen LogP contribution in [0.4, 0.5) is 5.69 Å². The van der Waals surface area contributed by atoms with Crippen LogP contribution >= 0.6 is 59.0 Å². The van der Waals surface area contributed by atoms with Crippen molar-refractivity contribution in [3.05, 3.63) is 90.9 Å². The number of thiol groups is 1. The van der Waals surface area contributed by atoms with Gasteiger partial charge in [0.25, 0.3) is 5.91 Å². The number of hydrogen-bond acceptors (Lipinski definition) is 3. The molecule has 3 aromatic carbocycles. The quantitative estimate of drug-likeness (QED) is 0.362. The van der Waals surface area contributed by atoms with Crippen LogP contribution in [0.5, 0.6) is 0 Å². The van der Waals surface area contributed by atoms with Crippen LogP contribution in [-0.2, 0) is 0 Å². The van der Waals surface area contributed by atoms with Gasteiger partial charge in [-0.3, -0.25) is 4.79 Å². The van der Waals surface area contributed by atoms with Crippen LogP contribution < -0.4 is 5.32 Å². The van der Waals surface area contributed by atoms with E-state index in [-0.39, 0.29) is 15.5 Å². The van der Waals surface area contributed by atoms with E-state index in [0.29, 0.717) is 26.3 Å². The van der Waals surface area contributed by atoms with Gasteiger partial charge in [0.05, 0.1) is 27.6 Å². The summed E-state index contributed by atoms with van der Waals surface area (Å²) in [6.07, 6.45) is 0. The summed E-state index contributed by atoms with van der Waals surface area (Å²) in [5.74, 6) is -0.975. The normalized spacial score (nSPS) is 11.6. The summed E-state index contributed by atoms with van der Waals surface area (Å²) >= 11 is 28.7. The lowest BCUT2D eigenvalue weighted by atomic mass is 9.91. The van der Waals surface area contributed by atoms with Crippen molar-refractivity contribution in [1.29, 1.82) is 5.26 Å². The first-order valence-corrected chi connectivity index (χ1v) is 10.6. The monoisotopic (exact) mass is 494 g/mol. The molecule has 3 nitrogen and oxygen atoms in total. The SMILES string of the molecule is Cc1cc(C(C#N)c2ccc(Cl)cc2)c(Cl)cc1NC(=O)c1ccc(Cl)c(Cl)c1S. The van der Waals surface area contributed by atoms with Crippen LogP contribution in [0.2, 0.25) is 20.1 Å². The summed E-state index contributed by atoms with van der Waals surface area (Å²) < 4.78 is 0. The van der Waals surface area contributed by atoms with Gasteiger partial charge in [-0.15, -0.1) is 12.6 Å². The van der Waals surface area contributed by atoms with E-state index < -0.39 is 11.8 Å². The molecule has 1 unspecified atom stereocenters. The summed E-state index contributed by atoms with van der Waals surface area (Å²) in [4.78, 5) is 13.0. The average molecular weight is 496 g/mol. The Hall–Kier alpha value is -1.87. The van der Waals surface area contributed by atoms with Gasteiger partial charge < -0.3 is 5.32 Å². The number of hydrogen-bond donors (Lipinski definition) is 2. The zero-order chi connectivity index (χ0) is 22.0. The van der Waals surface area contributed by atoms with Crippen LogP contribution in [0.1, 0.15) is 33.0 Å². The Morgan fingerprint density at radius 3 is 2.33 bits per heavy atom. The van der Waals surface area contributed by atoms with Gasteiger partial charge in [-0.05, 0) is 53.9 Å². The van der Waals surface area contributed by atoms with Gasteiger partial charge in [0.15, 0.2) is 0 Å². The molecule has 0 saturated carbocycles. The van der Waals surface area contributed by atoms with Crippen molar-refractivity contribution in [2.45, 2.75) is 17.7 Å². The van der Waals surface area contributed by atoms with E-state index in [4.69, 9.17) is 46.4 Å². The van der Waals surface area contributed by atoms with E-state index in [1.807, 2.05) is 6.92 Å². The molecule has 152 valence electrons. The first-order valence-electron chi connectivity index (χ1n) is 8.66. The van der Waals surface area contributed by atoms with E-state index >= 15 is 0 Å². The fourth-order valence-corrected chi connectivity index (χ4v) is 4.03. The number of carbonyl (C=O) groups is 1. The molecule has 30 heavy (non-hydrogen) atoms. The standard InChI is InChI=1S/C22H14Cl4N2OS/c1-11-8-15(16(10-27)12-2-4-13(23)5-3-12)18(25)9-19(11)28-22(29)14-6-7-17(24)20(26)21(14)30/h2-9,16,30H,1H3,(H,28,29). The van der Waals surface area contributed by atoms with E-state index in [0.717, 1.165) is 11.1 Å². The molecule has 0 saturated heterocycles. The number of aryl methyl sites for hydroxylation is 1. The first-order chi connectivity index (χ1) is 14.2. The van der Waals surface area contributed by atoms with Gasteiger partial charge in [0, 0.05) is 20.6 Å². The number of amides is 1. The summed E-state index contributed by atoms with van der Waals surface area (Å²) in [6.45, 7) is 1.82. The maximum atomic E-state index is 12.7. The van der Waals surface area contributed by atoms with Crippen LogP contribution in [0.25, 0.3) is 0 Å². The van der Waals surface area contributed by atoms with Crippen molar-refractivity contribution < 1.29 is 4.79 Å². The summed E-state index contributed by atoms with van der Waals surface area (Å²) in [6, 6.07) is 15.8. The van der Waals surface area contributed by atoms with Gasteiger partial charge in [0.2, 0.25) is 0 Å². The molecule has 3 aromatic rings. The Bertz CT molecular complexity index is 1170. The molecule has 3 rings (SSSR count). The Balaban J connectivity index is 1.93. The molecular weight excluding hydrogens is 482 g/mol. The number of carbonyl (C=O) groups excluding carboxylic acids is 1. The molecular formula is C22H14Cl4N2OS. The second-order valence-corrected chi connectivity index (χ2v) is 8.59. The maximum absolute atomic E-state index is 12.7. The highest BCUT2D eigenvalue weighted by Crippen LogP contribution is 2.35. The molecule has 1 N–H and O–H groups in total. The Labute approximate surface area is 199 Å². The molecule has 0 aliphatic carbocycles. The van der Waals surface area contributed by atoms with Crippen molar-refractivity contribution in [3.8, 4) is 6.07 Å². The van der Waals surface area contributed by atoms with Crippen molar-refractivity contribution in [1.82, 2.24) is 0 Å². The molecule has 0 spiro atoms. The van der Waals surface area contributed by atoms with Gasteiger partial charge in [-0.2, -0.15) is 5.26 Å². The average Bonchev–Trinajstić information content (AvgIpc) is 2.71. The molecule has 0 radical (unpaired) electrons. The molecule has 1 amide bonds. The molecule has 0 aliphatic rings. The van der Waals surface area contributed by atoms with Crippen LogP contribution in [0.3, 0.4) is 0 Å². The Morgan fingerprint density at radius 2 is 1.70 bits per heavy atom. The molecule has 0 fully saturated rings. The van der Waals surface area contributed by atoms with Crippen LogP contribution in [0.15, 0.2) is 53.4 Å². The van der Waals surface area contributed by atoms with E-state index in [1.165, 1.54) is 6.07 Å². The van der Waals surface area contributed by atoms with E-state index in [2.05, 4.69) is 24.0 Å². The smallest absolute Gasteiger partial charge is 0.256 e. The number of anilines is 1. The predicted octanol–water partition coefficient (Wildman–Crippen LogP) is 7.81. The lowest BCUT2D eigenvalue weighted by Gasteiger charge is -2.16. The number of rotatable bonds is 4. The highest BCUT2D eigenvalue weighted by Gasteiger charge is 2.20. The van der Waals surface area contributed by atoms with E-state index in [1.54, 1.807) is 42.5 Å². The molecule has 8 heteroatoms. The Morgan fingerprint density at radius 1 is 1.03 bits per heavy atom. The topological polar surface area (TPSA) is 52.9 Å². The number of nitriles is 1. The molecule has 0 aromatic heterocycles. The Kier molecular flexibility index (Phi) is 7.23. The van der Waals surface area contributed by atoms with Gasteiger partial charge in [0.1, 0.15) is 0 Å². The third-order valence-corrected chi connectivity index (χ3v) is 6.53. The highest BCUT2D eigenvalue weighted by molar-refractivity contribution is 7.80. The minimum Gasteiger partial charge on any atom is -0.322 e. The lowest BCUT2D eigenvalue weighted by Crippen LogP contribution is -2.14. The molecule has 0 heterocycles. The lowest BCUT2D eigenvalue weighted by molar-refractivity contribution is 0.102. The zero-order valence-corrected chi connectivity index (χ0v) is 19.4. The summed E-state index contributed by atoms with van der Waals surface area (Å²) in [5.41, 5.74) is 2.96. The van der Waals surface area contributed by atoms with Crippen LogP contribution in [0, 0.1) is 18.3 Å². The summed E-state index contributed by atoms with van der Waals surface area (Å²) in [5, 5.41) is 14.0. The van der Waals surface area contributed by atoms with E-state index in [9.17, 15) is 10.1 Å². The van der Waals surface area contributed by atoms with Crippen molar-refractivity contribution in [3.63, 3.8) is 0 Å². The number of benzene rings is 3. The zero-order valence-electron chi connectivity index (χ0n) is 15.5. The largest absolute Gasteiger partial charge is 0.322 e. The number of halogens is 4. The minimum absolute atomic E-state index is 0.206. The van der Waals surface area contributed by atoms with Crippen molar-refractivity contribution in [2.24, 2.45) is 0 Å². The third-order valence-electron chi connectivity index (χ3n) is 4.55. The van der Waals surface area contributed by atoms with Gasteiger partial charge >= 0.3 is 0 Å². The van der Waals surface area contributed by atoms with Crippen LogP contribution in [-0.4, -0.2) is 5.91 Å². The first kappa shape index (κ1) is 22.8. The minimum atomic E-state index is -0.572. The van der Waals surface area contributed by atoms with Crippen molar-refractivity contribution in [2.75, 3.05) is 5.32 Å². The molecule has 1 atom stereocenters. The maximum Gasteiger partial charge on any atom is 0.256 e. The fourth-order valence-electron chi connectivity index (χ4n) is 2.95.